The van der Waals surface area contributed by atoms with E-state index in [0.717, 1.165) is 25.0 Å². The summed E-state index contributed by atoms with van der Waals surface area (Å²) in [6.45, 7) is 0. The van der Waals surface area contributed by atoms with Crippen molar-refractivity contribution in [3.05, 3.63) is 35.4 Å². The molecule has 0 spiro atoms. The molecule has 1 unspecified atom stereocenters. The molecule has 0 bridgehead atoms. The van der Waals surface area contributed by atoms with Crippen LogP contribution in [0.4, 0.5) is 8.78 Å². The van der Waals surface area contributed by atoms with Crippen LogP contribution in [0.15, 0.2) is 23.2 Å². The molecule has 1 aliphatic rings. The molecule has 0 saturated heterocycles. The fourth-order valence-electron chi connectivity index (χ4n) is 1.51. The Balaban J connectivity index is 2.37. The maximum atomic E-state index is 13.2. The van der Waals surface area contributed by atoms with E-state index >= 15 is 0 Å². The average molecular weight is 181 g/mol. The summed E-state index contributed by atoms with van der Waals surface area (Å²) in [5.74, 6) is -0.774. The Bertz CT molecular complexity index is 347. The van der Waals surface area contributed by atoms with E-state index < -0.39 is 5.82 Å². The van der Waals surface area contributed by atoms with Crippen molar-refractivity contribution >= 4 is 6.21 Å². The van der Waals surface area contributed by atoms with E-state index in [2.05, 4.69) is 4.99 Å². The summed E-state index contributed by atoms with van der Waals surface area (Å²) in [6, 6.07) is 3.31. The topological polar surface area (TPSA) is 12.4 Å². The van der Waals surface area contributed by atoms with Gasteiger partial charge in [0, 0.05) is 5.56 Å². The van der Waals surface area contributed by atoms with E-state index in [-0.39, 0.29) is 11.9 Å². The molecule has 0 radical (unpaired) electrons. The van der Waals surface area contributed by atoms with Crippen molar-refractivity contribution in [1.82, 2.24) is 0 Å². The number of hydrogen-bond acceptors (Lipinski definition) is 1. The van der Waals surface area contributed by atoms with Gasteiger partial charge >= 0.3 is 0 Å². The fourth-order valence-corrected chi connectivity index (χ4v) is 1.51. The molecule has 0 aliphatic carbocycles. The second kappa shape index (κ2) is 3.24. The van der Waals surface area contributed by atoms with Crippen LogP contribution in [0.1, 0.15) is 24.4 Å². The van der Waals surface area contributed by atoms with Crippen molar-refractivity contribution in [1.29, 1.82) is 0 Å². The normalized spacial score (nSPS) is 20.9. The van der Waals surface area contributed by atoms with Crippen LogP contribution in [0, 0.1) is 11.6 Å². The van der Waals surface area contributed by atoms with Gasteiger partial charge in [0.1, 0.15) is 11.6 Å². The largest absolute Gasteiger partial charge is 0.289 e. The maximum absolute atomic E-state index is 13.2. The van der Waals surface area contributed by atoms with E-state index in [0.29, 0.717) is 5.56 Å². The van der Waals surface area contributed by atoms with Crippen molar-refractivity contribution in [3.63, 3.8) is 0 Å². The summed E-state index contributed by atoms with van der Waals surface area (Å²) >= 11 is 0. The lowest BCUT2D eigenvalue weighted by molar-refractivity contribution is 0.562. The summed E-state index contributed by atoms with van der Waals surface area (Å²) in [7, 11) is 0. The van der Waals surface area contributed by atoms with Crippen LogP contribution in [-0.2, 0) is 0 Å². The molecule has 0 aromatic heterocycles. The Morgan fingerprint density at radius 2 is 2.15 bits per heavy atom. The second-order valence-corrected chi connectivity index (χ2v) is 3.09. The zero-order valence-electron chi connectivity index (χ0n) is 7.00. The maximum Gasteiger partial charge on any atom is 0.128 e. The van der Waals surface area contributed by atoms with Gasteiger partial charge in [0.25, 0.3) is 0 Å². The predicted octanol–water partition coefficient (Wildman–Crippen LogP) is 2.87. The van der Waals surface area contributed by atoms with E-state index in [1.807, 2.05) is 0 Å². The van der Waals surface area contributed by atoms with Crippen LogP contribution in [0.25, 0.3) is 0 Å². The Morgan fingerprint density at radius 3 is 2.85 bits per heavy atom. The lowest BCUT2D eigenvalue weighted by atomic mass is 10.0. The third-order valence-corrected chi connectivity index (χ3v) is 2.17. The van der Waals surface area contributed by atoms with Crippen LogP contribution in [-0.4, -0.2) is 6.21 Å². The summed E-state index contributed by atoms with van der Waals surface area (Å²) in [5, 5.41) is 0. The van der Waals surface area contributed by atoms with Gasteiger partial charge in [-0.25, -0.2) is 8.78 Å². The number of halogens is 2. The standard InChI is InChI=1S/C10H9F2N/c11-7-3-4-9(12)8(6-7)10-2-1-5-13-10/h3-6,10H,1-2H2. The molecule has 1 aromatic carbocycles. The third-order valence-electron chi connectivity index (χ3n) is 2.17. The number of rotatable bonds is 1. The Kier molecular flexibility index (Phi) is 2.08. The molecule has 1 nitrogen and oxygen atoms in total. The van der Waals surface area contributed by atoms with E-state index in [1.54, 1.807) is 6.21 Å². The highest BCUT2D eigenvalue weighted by Gasteiger charge is 2.17. The molecule has 0 saturated carbocycles. The SMILES string of the molecule is Fc1ccc(F)c(C2CCC=N2)c1. The highest BCUT2D eigenvalue weighted by atomic mass is 19.1. The fraction of sp³-hybridized carbons (Fsp3) is 0.300. The first-order chi connectivity index (χ1) is 6.27. The van der Waals surface area contributed by atoms with Crippen molar-refractivity contribution in [3.8, 4) is 0 Å². The van der Waals surface area contributed by atoms with Gasteiger partial charge in [0.2, 0.25) is 0 Å². The lowest BCUT2D eigenvalue weighted by Gasteiger charge is -2.07. The molecule has 1 aromatic rings. The quantitative estimate of drug-likeness (QED) is 0.631. The van der Waals surface area contributed by atoms with Gasteiger partial charge in [0.05, 0.1) is 6.04 Å². The van der Waals surface area contributed by atoms with Gasteiger partial charge < -0.3 is 0 Å². The van der Waals surface area contributed by atoms with E-state index in [1.165, 1.54) is 6.07 Å². The van der Waals surface area contributed by atoms with Crippen LogP contribution >= 0.6 is 0 Å². The van der Waals surface area contributed by atoms with E-state index in [9.17, 15) is 8.78 Å². The first-order valence-corrected chi connectivity index (χ1v) is 4.24. The zero-order valence-corrected chi connectivity index (χ0v) is 7.00. The molecule has 68 valence electrons. The van der Waals surface area contributed by atoms with Gasteiger partial charge in [-0.05, 0) is 37.3 Å². The van der Waals surface area contributed by atoms with Crippen molar-refractivity contribution in [2.24, 2.45) is 4.99 Å². The number of aliphatic imine (C=N–C) groups is 1. The summed E-state index contributed by atoms with van der Waals surface area (Å²) in [4.78, 5) is 4.08. The first-order valence-electron chi connectivity index (χ1n) is 4.24. The monoisotopic (exact) mass is 181 g/mol. The minimum absolute atomic E-state index is 0.185. The molecule has 1 aliphatic heterocycles. The molecule has 3 heteroatoms. The average Bonchev–Trinajstić information content (AvgIpc) is 2.61. The highest BCUT2D eigenvalue weighted by Crippen LogP contribution is 2.28. The smallest absolute Gasteiger partial charge is 0.128 e. The minimum atomic E-state index is -0.404. The number of nitrogens with zero attached hydrogens (tertiary/aromatic N) is 1. The Labute approximate surface area is 75.1 Å². The van der Waals surface area contributed by atoms with Gasteiger partial charge in [0.15, 0.2) is 0 Å². The molecule has 13 heavy (non-hydrogen) atoms. The van der Waals surface area contributed by atoms with Crippen LogP contribution in [0.3, 0.4) is 0 Å². The van der Waals surface area contributed by atoms with Crippen LogP contribution in [0.2, 0.25) is 0 Å². The lowest BCUT2D eigenvalue weighted by Crippen LogP contribution is -1.96. The van der Waals surface area contributed by atoms with Crippen molar-refractivity contribution in [2.45, 2.75) is 18.9 Å². The summed E-state index contributed by atoms with van der Waals surface area (Å²) in [6.07, 6.45) is 3.38. The molecule has 1 heterocycles. The van der Waals surface area contributed by atoms with Gasteiger partial charge in [-0.3, -0.25) is 4.99 Å². The molecular formula is C10H9F2N. The molecule has 0 fully saturated rings. The summed E-state index contributed by atoms with van der Waals surface area (Å²) < 4.78 is 26.0. The molecule has 0 N–H and O–H groups in total. The number of hydrogen-bond donors (Lipinski definition) is 0. The highest BCUT2D eigenvalue weighted by molar-refractivity contribution is 5.60. The second-order valence-electron chi connectivity index (χ2n) is 3.09. The zero-order chi connectivity index (χ0) is 9.26. The number of benzene rings is 1. The van der Waals surface area contributed by atoms with Crippen LogP contribution in [0.5, 0.6) is 0 Å². The molecular weight excluding hydrogens is 172 g/mol. The Hall–Kier alpha value is -1.25. The molecule has 2 rings (SSSR count). The summed E-state index contributed by atoms with van der Waals surface area (Å²) in [5.41, 5.74) is 0.369. The van der Waals surface area contributed by atoms with Gasteiger partial charge in [-0.15, -0.1) is 0 Å². The molecule has 1 atom stereocenters. The third kappa shape index (κ3) is 1.59. The van der Waals surface area contributed by atoms with Crippen molar-refractivity contribution < 1.29 is 8.78 Å². The Morgan fingerprint density at radius 1 is 1.31 bits per heavy atom. The van der Waals surface area contributed by atoms with Gasteiger partial charge in [-0.2, -0.15) is 0 Å². The van der Waals surface area contributed by atoms with Gasteiger partial charge in [-0.1, -0.05) is 0 Å². The predicted molar refractivity (Wildman–Crippen MR) is 46.8 cm³/mol. The van der Waals surface area contributed by atoms with Crippen LogP contribution < -0.4 is 0 Å². The van der Waals surface area contributed by atoms with E-state index in [4.69, 9.17) is 0 Å². The molecule has 0 amide bonds. The van der Waals surface area contributed by atoms with Crippen molar-refractivity contribution in [2.75, 3.05) is 0 Å². The first kappa shape index (κ1) is 8.35. The minimum Gasteiger partial charge on any atom is -0.289 e.